The van der Waals surface area contributed by atoms with Crippen LogP contribution in [0.2, 0.25) is 0 Å². The Kier molecular flexibility index (Phi) is 7.34. The maximum Gasteiger partial charge on any atom is 0.338 e. The van der Waals surface area contributed by atoms with E-state index in [2.05, 4.69) is 21.2 Å². The molecule has 150 valence electrons. The van der Waals surface area contributed by atoms with Gasteiger partial charge in [-0.15, -0.1) is 0 Å². The van der Waals surface area contributed by atoms with Gasteiger partial charge in [0, 0.05) is 17.2 Å². The van der Waals surface area contributed by atoms with Crippen LogP contribution in [0.5, 0.6) is 0 Å². The highest BCUT2D eigenvalue weighted by atomic mass is 79.9. The molecule has 0 atom stereocenters. The maximum absolute atomic E-state index is 12.7. The zero-order valence-corrected chi connectivity index (χ0v) is 18.1. The van der Waals surface area contributed by atoms with Gasteiger partial charge < -0.3 is 10.1 Å². The molecule has 0 fully saturated rings. The number of halogens is 1. The first-order valence-corrected chi connectivity index (χ1v) is 10.7. The summed E-state index contributed by atoms with van der Waals surface area (Å²) >= 11 is 3.35. The SMILES string of the molecule is CCOC(=O)c1ccc(S(=O)(=O)N(C)CC(=O)Nc2ccc(Br)cc2C)cc1. The first kappa shape index (κ1) is 22.1. The van der Waals surface area contributed by atoms with E-state index >= 15 is 0 Å². The van der Waals surface area contributed by atoms with Crippen LogP contribution in [0.15, 0.2) is 51.8 Å². The minimum atomic E-state index is -3.89. The maximum atomic E-state index is 12.7. The number of carbonyl (C=O) groups excluding carboxylic acids is 2. The van der Waals surface area contributed by atoms with Crippen molar-refractivity contribution in [3.05, 3.63) is 58.1 Å². The number of nitrogens with zero attached hydrogens (tertiary/aromatic N) is 1. The molecule has 0 saturated carbocycles. The Bertz CT molecular complexity index is 974. The summed E-state index contributed by atoms with van der Waals surface area (Å²) in [6.45, 7) is 3.41. The summed E-state index contributed by atoms with van der Waals surface area (Å²) in [5.41, 5.74) is 1.72. The van der Waals surface area contributed by atoms with Crippen LogP contribution >= 0.6 is 15.9 Å². The van der Waals surface area contributed by atoms with Gasteiger partial charge in [0.25, 0.3) is 0 Å². The Labute approximate surface area is 172 Å². The van der Waals surface area contributed by atoms with E-state index in [4.69, 9.17) is 4.74 Å². The van der Waals surface area contributed by atoms with Gasteiger partial charge in [-0.2, -0.15) is 4.31 Å². The van der Waals surface area contributed by atoms with Crippen molar-refractivity contribution in [3.63, 3.8) is 0 Å². The van der Waals surface area contributed by atoms with E-state index < -0.39 is 21.9 Å². The minimum absolute atomic E-state index is 0.0179. The second kappa shape index (κ2) is 9.31. The number of sulfonamides is 1. The van der Waals surface area contributed by atoms with Crippen molar-refractivity contribution in [3.8, 4) is 0 Å². The highest BCUT2D eigenvalue weighted by Crippen LogP contribution is 2.20. The smallest absolute Gasteiger partial charge is 0.338 e. The Balaban J connectivity index is 2.08. The predicted molar refractivity (Wildman–Crippen MR) is 110 cm³/mol. The van der Waals surface area contributed by atoms with Crippen LogP contribution in [-0.4, -0.2) is 44.8 Å². The fourth-order valence-electron chi connectivity index (χ4n) is 2.40. The van der Waals surface area contributed by atoms with Crippen molar-refractivity contribution < 1.29 is 22.7 Å². The highest BCUT2D eigenvalue weighted by molar-refractivity contribution is 9.10. The number of hydrogen-bond acceptors (Lipinski definition) is 5. The lowest BCUT2D eigenvalue weighted by molar-refractivity contribution is -0.116. The Morgan fingerprint density at radius 1 is 1.14 bits per heavy atom. The highest BCUT2D eigenvalue weighted by Gasteiger charge is 2.23. The van der Waals surface area contributed by atoms with E-state index in [-0.39, 0.29) is 23.6 Å². The molecule has 1 N–H and O–H groups in total. The number of likely N-dealkylation sites (N-methyl/N-ethyl adjacent to an activating group) is 1. The van der Waals surface area contributed by atoms with Gasteiger partial charge in [0.2, 0.25) is 15.9 Å². The number of amides is 1. The first-order valence-electron chi connectivity index (χ1n) is 8.44. The fraction of sp³-hybridized carbons (Fsp3) is 0.263. The molecule has 0 radical (unpaired) electrons. The number of hydrogen-bond donors (Lipinski definition) is 1. The Morgan fingerprint density at radius 3 is 2.36 bits per heavy atom. The largest absolute Gasteiger partial charge is 0.462 e. The molecule has 0 bridgehead atoms. The van der Waals surface area contributed by atoms with Crippen LogP contribution in [0, 0.1) is 6.92 Å². The number of anilines is 1. The average molecular weight is 469 g/mol. The molecule has 0 heterocycles. The second-order valence-electron chi connectivity index (χ2n) is 6.01. The third-order valence-corrected chi connectivity index (χ3v) is 6.21. The van der Waals surface area contributed by atoms with E-state index in [0.29, 0.717) is 5.69 Å². The third-order valence-electron chi connectivity index (χ3n) is 3.90. The minimum Gasteiger partial charge on any atom is -0.462 e. The number of benzene rings is 2. The molecule has 2 aromatic rings. The monoisotopic (exact) mass is 468 g/mol. The molecule has 7 nitrogen and oxygen atoms in total. The molecule has 0 aliphatic rings. The lowest BCUT2D eigenvalue weighted by Crippen LogP contribution is -2.35. The molecule has 0 aliphatic carbocycles. The van der Waals surface area contributed by atoms with E-state index in [1.807, 2.05) is 13.0 Å². The van der Waals surface area contributed by atoms with E-state index in [9.17, 15) is 18.0 Å². The second-order valence-corrected chi connectivity index (χ2v) is 8.97. The lowest BCUT2D eigenvalue weighted by atomic mass is 10.2. The summed E-state index contributed by atoms with van der Waals surface area (Å²) < 4.78 is 32.0. The van der Waals surface area contributed by atoms with Crippen LogP contribution < -0.4 is 5.32 Å². The molecule has 0 aliphatic heterocycles. The van der Waals surface area contributed by atoms with Gasteiger partial charge in [0.15, 0.2) is 0 Å². The molecular weight excluding hydrogens is 448 g/mol. The van der Waals surface area contributed by atoms with E-state index in [1.165, 1.54) is 31.3 Å². The normalized spacial score (nSPS) is 11.3. The predicted octanol–water partition coefficient (Wildman–Crippen LogP) is 3.19. The number of rotatable bonds is 7. The van der Waals surface area contributed by atoms with Crippen molar-refractivity contribution >= 4 is 43.5 Å². The van der Waals surface area contributed by atoms with Crippen molar-refractivity contribution in [1.82, 2.24) is 4.31 Å². The van der Waals surface area contributed by atoms with Gasteiger partial charge in [-0.25, -0.2) is 13.2 Å². The average Bonchev–Trinajstić information content (AvgIpc) is 2.64. The van der Waals surface area contributed by atoms with Crippen LogP contribution in [0.1, 0.15) is 22.8 Å². The topological polar surface area (TPSA) is 92.8 Å². The molecule has 9 heteroatoms. The van der Waals surface area contributed by atoms with Gasteiger partial charge in [0.1, 0.15) is 0 Å². The Morgan fingerprint density at radius 2 is 1.79 bits per heavy atom. The molecule has 0 unspecified atom stereocenters. The van der Waals surface area contributed by atoms with Gasteiger partial charge in [-0.05, 0) is 61.9 Å². The van der Waals surface area contributed by atoms with Crippen LogP contribution in [0.3, 0.4) is 0 Å². The summed E-state index contributed by atoms with van der Waals surface area (Å²) in [4.78, 5) is 23.9. The number of nitrogens with one attached hydrogen (secondary N) is 1. The van der Waals surface area contributed by atoms with Crippen molar-refractivity contribution in [2.24, 2.45) is 0 Å². The van der Waals surface area contributed by atoms with E-state index in [1.54, 1.807) is 19.1 Å². The van der Waals surface area contributed by atoms with Crippen LogP contribution in [0.4, 0.5) is 5.69 Å². The summed E-state index contributed by atoms with van der Waals surface area (Å²) in [6, 6.07) is 10.8. The lowest BCUT2D eigenvalue weighted by Gasteiger charge is -2.17. The summed E-state index contributed by atoms with van der Waals surface area (Å²) in [6.07, 6.45) is 0. The van der Waals surface area contributed by atoms with Crippen molar-refractivity contribution in [2.45, 2.75) is 18.7 Å². The van der Waals surface area contributed by atoms with E-state index in [0.717, 1.165) is 14.3 Å². The molecule has 0 saturated heterocycles. The van der Waals surface area contributed by atoms with Gasteiger partial charge in [-0.1, -0.05) is 15.9 Å². The zero-order chi connectivity index (χ0) is 20.9. The summed E-state index contributed by atoms with van der Waals surface area (Å²) in [5, 5.41) is 2.70. The quantitative estimate of drug-likeness (QED) is 0.629. The summed E-state index contributed by atoms with van der Waals surface area (Å²) in [7, 11) is -2.56. The number of aryl methyl sites for hydroxylation is 1. The number of carbonyl (C=O) groups is 2. The third kappa shape index (κ3) is 5.40. The molecule has 2 rings (SSSR count). The summed E-state index contributed by atoms with van der Waals surface area (Å²) in [5.74, 6) is -0.983. The van der Waals surface area contributed by atoms with Crippen molar-refractivity contribution in [1.29, 1.82) is 0 Å². The Hall–Kier alpha value is -2.23. The van der Waals surface area contributed by atoms with Crippen LogP contribution in [0.25, 0.3) is 0 Å². The van der Waals surface area contributed by atoms with Crippen molar-refractivity contribution in [2.75, 3.05) is 25.5 Å². The number of esters is 1. The molecular formula is C19H21BrN2O5S. The molecule has 1 amide bonds. The van der Waals surface area contributed by atoms with Gasteiger partial charge in [0.05, 0.1) is 23.6 Å². The van der Waals surface area contributed by atoms with Gasteiger partial charge in [-0.3, -0.25) is 4.79 Å². The molecule has 0 aromatic heterocycles. The molecule has 2 aromatic carbocycles. The van der Waals surface area contributed by atoms with Gasteiger partial charge >= 0.3 is 5.97 Å². The molecule has 28 heavy (non-hydrogen) atoms. The fourth-order valence-corrected chi connectivity index (χ4v) is 4.00. The first-order chi connectivity index (χ1) is 13.1. The molecule has 0 spiro atoms. The standard InChI is InChI=1S/C19H21BrN2O5S/c1-4-27-19(24)14-5-8-16(9-6-14)28(25,26)22(3)12-18(23)21-17-10-7-15(20)11-13(17)2/h5-11H,4,12H2,1-3H3,(H,21,23). The number of ether oxygens (including phenoxy) is 1. The zero-order valence-electron chi connectivity index (χ0n) is 15.7. The van der Waals surface area contributed by atoms with Crippen LogP contribution in [-0.2, 0) is 19.6 Å².